The molecule has 8 fully saturated rings. The molecule has 4 aliphatic heterocycles. The Morgan fingerprint density at radius 1 is 0.582 bits per heavy atom. The van der Waals surface area contributed by atoms with Gasteiger partial charge in [-0.3, -0.25) is 5.26 Å². The third-order valence-corrected chi connectivity index (χ3v) is 21.3. The van der Waals surface area contributed by atoms with Crippen molar-refractivity contribution in [2.24, 2.45) is 45.3 Å². The Kier molecular flexibility index (Phi) is 19.6. The fourth-order valence-corrected chi connectivity index (χ4v) is 16.4. The van der Waals surface area contributed by atoms with Gasteiger partial charge in [0, 0.05) is 0 Å². The van der Waals surface area contributed by atoms with E-state index in [-0.39, 0.29) is 35.5 Å². The van der Waals surface area contributed by atoms with Gasteiger partial charge in [-0.05, 0) is 123 Å². The summed E-state index contributed by atoms with van der Waals surface area (Å²) in [6, 6.07) is 0. The smallest absolute Gasteiger partial charge is 0.187 e. The fraction of sp³-hybridized carbons (Fsp3) is 0.963. The quantitative estimate of drug-likeness (QED) is 0.0287. The molecule has 2 unspecified atom stereocenters. The van der Waals surface area contributed by atoms with Crippen molar-refractivity contribution in [2.75, 3.05) is 26.4 Å². The molecule has 0 spiro atoms. The molecule has 458 valence electrons. The van der Waals surface area contributed by atoms with Crippen molar-refractivity contribution in [3.05, 3.63) is 12.2 Å². The minimum Gasteiger partial charge on any atom is -0.394 e. The van der Waals surface area contributed by atoms with E-state index in [9.17, 15) is 81.9 Å². The zero-order valence-electron chi connectivity index (χ0n) is 46.3. The van der Waals surface area contributed by atoms with Crippen molar-refractivity contribution >= 4 is 0 Å². The maximum Gasteiger partial charge on any atom is 0.187 e. The first-order valence-electron chi connectivity index (χ1n) is 28.2. The summed E-state index contributed by atoms with van der Waals surface area (Å²) in [6.45, 7) is 15.8. The molecule has 25 nitrogen and oxygen atoms in total. The monoisotopic (exact) mass is 1140 g/mol. The summed E-state index contributed by atoms with van der Waals surface area (Å²) in [5, 5.41) is 172. The van der Waals surface area contributed by atoms with E-state index in [2.05, 4.69) is 41.2 Å². The molecule has 8 rings (SSSR count). The zero-order valence-corrected chi connectivity index (χ0v) is 46.3. The molecule has 8 aliphatic rings. The number of aliphatic hydroxyl groups is 15. The van der Waals surface area contributed by atoms with Crippen LogP contribution in [-0.2, 0) is 42.8 Å². The number of aliphatic hydroxyl groups excluding tert-OH is 15. The number of hydrogen-bond acceptors (Lipinski definition) is 25. The van der Waals surface area contributed by atoms with Crippen molar-refractivity contribution < 1.29 is 125 Å². The van der Waals surface area contributed by atoms with Crippen molar-refractivity contribution in [3.63, 3.8) is 0 Å². The second-order valence-electron chi connectivity index (χ2n) is 25.9. The van der Waals surface area contributed by atoms with Gasteiger partial charge in [0.2, 0.25) is 0 Å². The third kappa shape index (κ3) is 11.2. The van der Waals surface area contributed by atoms with Crippen molar-refractivity contribution in [3.8, 4) is 0 Å². The molecular weight excluding hydrogens is 1050 g/mol. The first kappa shape index (κ1) is 63.8. The van der Waals surface area contributed by atoms with Gasteiger partial charge in [0.25, 0.3) is 0 Å². The fourth-order valence-electron chi connectivity index (χ4n) is 16.4. The first-order valence-corrected chi connectivity index (χ1v) is 28.2. The minimum atomic E-state index is -1.83. The average Bonchev–Trinajstić information content (AvgIpc) is 2.76. The van der Waals surface area contributed by atoms with E-state index < -0.39 is 196 Å². The first-order chi connectivity index (χ1) is 37.0. The summed E-state index contributed by atoms with van der Waals surface area (Å²) in [5.41, 5.74) is -2.61. The van der Waals surface area contributed by atoms with Crippen LogP contribution in [0.2, 0.25) is 0 Å². The summed E-state index contributed by atoms with van der Waals surface area (Å²) in [6.07, 6.45) is -30.1. The van der Waals surface area contributed by atoms with Crippen LogP contribution in [0.5, 0.6) is 0 Å². The number of hydrogen-bond donors (Lipinski definition) is 16. The third-order valence-electron chi connectivity index (χ3n) is 21.3. The van der Waals surface area contributed by atoms with Gasteiger partial charge in [-0.1, -0.05) is 41.2 Å². The molecule has 0 bridgehead atoms. The van der Waals surface area contributed by atoms with Crippen molar-refractivity contribution in [1.29, 1.82) is 0 Å². The SMILES string of the molecule is C=C(C)C(CC[C@](C)(O[C@@H]1O[C@H](CO[C@@H]2O[C@H](CO)[C@@H](O)[C@H](O)[C@H]2O)[C@@H](O)[C@H](O)[C@H]1O)[C@H]1CC[C@]2(C)[C@@H]1[C@H](O)C[C@@H]1[C@@]3(C)CC[C@H](O[C@@H]4O[C@H](CO)[C@@H](O)[C@H](O)[C@H]4O[C@@H]4O[C@H](CO)[C@@H](O)[C@H](O)[C@H]4O)C(C)(C)C3CC[C@]12C)OO. The molecule has 0 aromatic carbocycles. The lowest BCUT2D eigenvalue weighted by molar-refractivity contribution is -0.378. The predicted octanol–water partition coefficient (Wildman–Crippen LogP) is -2.73. The lowest BCUT2D eigenvalue weighted by Gasteiger charge is -2.71. The van der Waals surface area contributed by atoms with Crippen LogP contribution in [0.25, 0.3) is 0 Å². The Hall–Kier alpha value is -1.26. The Balaban J connectivity index is 1.02. The molecule has 0 amide bonds. The molecule has 16 N–H and O–H groups in total. The van der Waals surface area contributed by atoms with Gasteiger partial charge in [-0.15, -0.1) is 0 Å². The highest BCUT2D eigenvalue weighted by molar-refractivity contribution is 5.21. The van der Waals surface area contributed by atoms with Crippen LogP contribution in [-0.4, -0.2) is 255 Å². The molecule has 25 heteroatoms. The van der Waals surface area contributed by atoms with Crippen molar-refractivity contribution in [2.45, 2.75) is 253 Å². The Morgan fingerprint density at radius 2 is 1.09 bits per heavy atom. The standard InChI is InChI=1S/C54H92O25/c1-22(2)25(79-70)10-16-54(8,78-48-44(69)40(65)37(62)29(75-48)21-71-46-42(67)38(63)34(59)26(18-55)72-46)23-9-14-53(7)33(23)24(58)17-31-51(5)13-12-32(50(3,4)30(51)11-15-52(31,53)6)76-49-45(41(66)36(61)28(20-57)74-49)77-47-43(68)39(64)35(60)27(19-56)73-47/h23-49,55-70H,1,9-21H2,2-8H3/t23-,24+,25?,26+,27+,28+,29+,30?,31+,32-,33-,34+,35+,36+,37+,38-,39-,40-,41-,42+,43+,44+,45+,46+,47-,48-,49-,51-,52+,53+,54-/m0/s1. The van der Waals surface area contributed by atoms with E-state index >= 15 is 0 Å². The summed E-state index contributed by atoms with van der Waals surface area (Å²) in [7, 11) is 0. The zero-order chi connectivity index (χ0) is 58.2. The van der Waals surface area contributed by atoms with E-state index in [1.165, 1.54) is 0 Å². The maximum atomic E-state index is 12.9. The van der Waals surface area contributed by atoms with Crippen LogP contribution in [0.15, 0.2) is 12.2 Å². The number of ether oxygens (including phenoxy) is 8. The van der Waals surface area contributed by atoms with Crippen LogP contribution in [0.1, 0.15) is 106 Å². The predicted molar refractivity (Wildman–Crippen MR) is 269 cm³/mol. The highest BCUT2D eigenvalue weighted by atomic mass is 17.1. The molecule has 0 aromatic heterocycles. The van der Waals surface area contributed by atoms with Crippen LogP contribution < -0.4 is 0 Å². The second kappa shape index (κ2) is 24.2. The van der Waals surface area contributed by atoms with Gasteiger partial charge in [-0.2, -0.15) is 0 Å². The molecule has 4 saturated carbocycles. The summed E-state index contributed by atoms with van der Waals surface area (Å²) in [5.74, 6) is -0.841. The van der Waals surface area contributed by atoms with Crippen LogP contribution >= 0.6 is 0 Å². The topological polar surface area (TPSA) is 407 Å². The summed E-state index contributed by atoms with van der Waals surface area (Å²) >= 11 is 0. The highest BCUT2D eigenvalue weighted by Gasteiger charge is 2.72. The van der Waals surface area contributed by atoms with Gasteiger partial charge in [0.15, 0.2) is 25.2 Å². The molecule has 79 heavy (non-hydrogen) atoms. The molecule has 0 aromatic rings. The molecule has 4 aliphatic carbocycles. The van der Waals surface area contributed by atoms with Gasteiger partial charge < -0.3 is 114 Å². The normalized spacial score (nSPS) is 52.1. The lowest BCUT2D eigenvalue weighted by atomic mass is 9.35. The van der Waals surface area contributed by atoms with Crippen LogP contribution in [0, 0.1) is 45.3 Å². The minimum absolute atomic E-state index is 0.00515. The summed E-state index contributed by atoms with van der Waals surface area (Å²) in [4.78, 5) is 4.85. The highest BCUT2D eigenvalue weighted by Crippen LogP contribution is 2.76. The molecule has 31 atom stereocenters. The van der Waals surface area contributed by atoms with Gasteiger partial charge in [0.1, 0.15) is 104 Å². The lowest BCUT2D eigenvalue weighted by Crippen LogP contribution is -2.68. The second-order valence-corrected chi connectivity index (χ2v) is 25.9. The van der Waals surface area contributed by atoms with Crippen LogP contribution in [0.3, 0.4) is 0 Å². The molecule has 4 saturated heterocycles. The Bertz CT molecular complexity index is 2040. The van der Waals surface area contributed by atoms with Gasteiger partial charge in [-0.25, -0.2) is 4.89 Å². The molecular formula is C54H92O25. The van der Waals surface area contributed by atoms with Gasteiger partial charge in [0.05, 0.1) is 44.2 Å². The summed E-state index contributed by atoms with van der Waals surface area (Å²) < 4.78 is 48.8. The largest absolute Gasteiger partial charge is 0.394 e. The number of fused-ring (bicyclic) bond motifs is 5. The van der Waals surface area contributed by atoms with E-state index in [4.69, 9.17) is 42.8 Å². The Morgan fingerprint density at radius 3 is 1.66 bits per heavy atom. The van der Waals surface area contributed by atoms with E-state index in [0.29, 0.717) is 37.7 Å². The van der Waals surface area contributed by atoms with Crippen molar-refractivity contribution in [1.82, 2.24) is 0 Å². The average molecular weight is 1140 g/mol. The molecule has 0 radical (unpaired) electrons. The van der Waals surface area contributed by atoms with E-state index in [0.717, 1.165) is 12.8 Å². The van der Waals surface area contributed by atoms with E-state index in [1.54, 1.807) is 6.92 Å². The van der Waals surface area contributed by atoms with Crippen LogP contribution in [0.4, 0.5) is 0 Å². The molecule has 4 heterocycles. The van der Waals surface area contributed by atoms with E-state index in [1.807, 2.05) is 6.92 Å². The maximum absolute atomic E-state index is 12.9. The van der Waals surface area contributed by atoms with Gasteiger partial charge >= 0.3 is 0 Å². The number of rotatable bonds is 18. The Labute approximate surface area is 460 Å².